The van der Waals surface area contributed by atoms with Gasteiger partial charge in [-0.25, -0.2) is 0 Å². The van der Waals surface area contributed by atoms with E-state index in [4.69, 9.17) is 5.11 Å². The van der Waals surface area contributed by atoms with Gasteiger partial charge >= 0.3 is 5.97 Å². The zero-order chi connectivity index (χ0) is 8.67. The molecular weight excluding hydrogens is 156 g/mol. The third kappa shape index (κ3) is 0.478. The van der Waals surface area contributed by atoms with Gasteiger partial charge < -0.3 is 10.2 Å². The largest absolute Gasteiger partial charge is 0.481 e. The summed E-state index contributed by atoms with van der Waals surface area (Å²) in [6.07, 6.45) is 0.944. The maximum absolute atomic E-state index is 10.9. The summed E-state index contributed by atoms with van der Waals surface area (Å²) in [5.74, 6) is 0.245. The van der Waals surface area contributed by atoms with Gasteiger partial charge in [0.25, 0.3) is 0 Å². The number of carboxylic acids is 1. The van der Waals surface area contributed by atoms with Crippen LogP contribution in [-0.2, 0) is 4.79 Å². The molecule has 0 aromatic rings. The molecule has 2 N–H and O–H groups in total. The molecule has 4 fully saturated rings. The maximum Gasteiger partial charge on any atom is 0.307 e. The van der Waals surface area contributed by atoms with Crippen LogP contribution in [0, 0.1) is 29.6 Å². The first-order valence-corrected chi connectivity index (χ1v) is 4.50. The van der Waals surface area contributed by atoms with Crippen LogP contribution >= 0.6 is 0 Å². The highest BCUT2D eigenvalue weighted by Crippen LogP contribution is 2.77. The lowest BCUT2D eigenvalue weighted by Gasteiger charge is -2.23. The molecule has 0 aromatic heterocycles. The number of hydrogen-bond acceptors (Lipinski definition) is 2. The molecule has 4 saturated carbocycles. The van der Waals surface area contributed by atoms with Crippen LogP contribution in [0.25, 0.3) is 0 Å². The van der Waals surface area contributed by atoms with Crippen LogP contribution in [0.3, 0.4) is 0 Å². The van der Waals surface area contributed by atoms with Crippen LogP contribution < -0.4 is 0 Å². The topological polar surface area (TPSA) is 57.5 Å². The summed E-state index contributed by atoms with van der Waals surface area (Å²) in [6.45, 7) is 1.81. The molecule has 12 heavy (non-hydrogen) atoms. The van der Waals surface area contributed by atoms with Gasteiger partial charge in [0.2, 0.25) is 0 Å². The monoisotopic (exact) mass is 168 g/mol. The summed E-state index contributed by atoms with van der Waals surface area (Å²) in [5.41, 5.74) is -0.668. The van der Waals surface area contributed by atoms with Crippen molar-refractivity contribution in [2.24, 2.45) is 29.6 Å². The van der Waals surface area contributed by atoms with Gasteiger partial charge in [0.05, 0.1) is 11.5 Å². The van der Waals surface area contributed by atoms with Gasteiger partial charge in [-0.2, -0.15) is 0 Å². The number of carbonyl (C=O) groups is 1. The van der Waals surface area contributed by atoms with E-state index in [1.54, 1.807) is 0 Å². The fourth-order valence-electron chi connectivity index (χ4n) is 3.91. The normalized spacial score (nSPS) is 65.3. The minimum atomic E-state index is -0.701. The fraction of sp³-hybridized carbons (Fsp3) is 0.889. The van der Waals surface area contributed by atoms with Crippen molar-refractivity contribution in [1.82, 2.24) is 0 Å². The Morgan fingerprint density at radius 1 is 1.58 bits per heavy atom. The molecule has 3 heteroatoms. The van der Waals surface area contributed by atoms with Crippen LogP contribution in [-0.4, -0.2) is 21.8 Å². The summed E-state index contributed by atoms with van der Waals surface area (Å²) in [5, 5.41) is 18.9. The Bertz CT molecular complexity index is 271. The third-order valence-electron chi connectivity index (χ3n) is 4.31. The first-order valence-electron chi connectivity index (χ1n) is 4.50. The minimum Gasteiger partial charge on any atom is -0.481 e. The molecule has 6 unspecified atom stereocenters. The molecular formula is C9H12O3. The van der Waals surface area contributed by atoms with E-state index >= 15 is 0 Å². The van der Waals surface area contributed by atoms with Crippen molar-refractivity contribution in [1.29, 1.82) is 0 Å². The predicted molar refractivity (Wildman–Crippen MR) is 40.3 cm³/mol. The van der Waals surface area contributed by atoms with E-state index in [9.17, 15) is 9.90 Å². The molecule has 4 bridgehead atoms. The zero-order valence-corrected chi connectivity index (χ0v) is 6.90. The molecule has 4 aliphatic carbocycles. The van der Waals surface area contributed by atoms with Gasteiger partial charge in [0.15, 0.2) is 0 Å². The van der Waals surface area contributed by atoms with E-state index in [0.717, 1.165) is 6.42 Å². The smallest absolute Gasteiger partial charge is 0.307 e. The molecule has 6 atom stereocenters. The van der Waals surface area contributed by atoms with E-state index in [2.05, 4.69) is 0 Å². The zero-order valence-electron chi connectivity index (χ0n) is 6.90. The molecule has 0 saturated heterocycles. The van der Waals surface area contributed by atoms with Gasteiger partial charge in [0, 0.05) is 5.92 Å². The summed E-state index contributed by atoms with van der Waals surface area (Å²) >= 11 is 0. The summed E-state index contributed by atoms with van der Waals surface area (Å²) in [6, 6.07) is 0. The van der Waals surface area contributed by atoms with E-state index in [0.29, 0.717) is 17.8 Å². The Morgan fingerprint density at radius 2 is 2.25 bits per heavy atom. The highest BCUT2D eigenvalue weighted by Gasteiger charge is 2.79. The Balaban J connectivity index is 2.02. The van der Waals surface area contributed by atoms with Crippen molar-refractivity contribution in [3.05, 3.63) is 0 Å². The standard InChI is InChI=1S/C9H12O3/c1-9(12)4-2-3-5(7(3)9)6(4)8(10)11/h3-7,12H,2H2,1H3,(H,10,11). The maximum atomic E-state index is 10.9. The van der Waals surface area contributed by atoms with Crippen molar-refractivity contribution >= 4 is 5.97 Å². The second kappa shape index (κ2) is 1.55. The first-order chi connectivity index (χ1) is 5.55. The molecule has 0 radical (unpaired) electrons. The van der Waals surface area contributed by atoms with Crippen molar-refractivity contribution in [3.8, 4) is 0 Å². The third-order valence-corrected chi connectivity index (χ3v) is 4.31. The van der Waals surface area contributed by atoms with Gasteiger partial charge in [-0.05, 0) is 31.1 Å². The Kier molecular flexibility index (Phi) is 0.893. The van der Waals surface area contributed by atoms with E-state index < -0.39 is 11.6 Å². The van der Waals surface area contributed by atoms with Gasteiger partial charge in [-0.15, -0.1) is 0 Å². The molecule has 0 aliphatic heterocycles. The van der Waals surface area contributed by atoms with Gasteiger partial charge in [0.1, 0.15) is 0 Å². The van der Waals surface area contributed by atoms with Crippen LogP contribution in [0.4, 0.5) is 0 Å². The molecule has 66 valence electrons. The lowest BCUT2D eigenvalue weighted by atomic mass is 9.89. The SMILES string of the molecule is CC1(O)C2CC3C(C2C(=O)O)C31. The molecule has 3 nitrogen and oxygen atoms in total. The molecule has 0 spiro atoms. The Labute approximate surface area is 70.4 Å². The number of carboxylic acid groups (broad SMARTS) is 1. The molecule has 0 heterocycles. The van der Waals surface area contributed by atoms with E-state index in [-0.39, 0.29) is 11.8 Å². The molecule has 4 rings (SSSR count). The van der Waals surface area contributed by atoms with Crippen LogP contribution in [0.15, 0.2) is 0 Å². The predicted octanol–water partition coefficient (Wildman–Crippen LogP) is 0.334. The first kappa shape index (κ1) is 6.89. The minimum absolute atomic E-state index is 0.0370. The highest BCUT2D eigenvalue weighted by molar-refractivity contribution is 5.74. The van der Waals surface area contributed by atoms with Crippen LogP contribution in [0.2, 0.25) is 0 Å². The number of aliphatic hydroxyl groups is 1. The lowest BCUT2D eigenvalue weighted by molar-refractivity contribution is -0.144. The van der Waals surface area contributed by atoms with Crippen LogP contribution in [0.1, 0.15) is 13.3 Å². The van der Waals surface area contributed by atoms with E-state index in [1.807, 2.05) is 6.92 Å². The lowest BCUT2D eigenvalue weighted by Crippen LogP contribution is -2.33. The van der Waals surface area contributed by atoms with Crippen molar-refractivity contribution < 1.29 is 15.0 Å². The van der Waals surface area contributed by atoms with Crippen LogP contribution in [0.5, 0.6) is 0 Å². The molecule has 4 aliphatic rings. The number of hydrogen-bond donors (Lipinski definition) is 2. The second-order valence-corrected chi connectivity index (χ2v) is 4.70. The average molecular weight is 168 g/mol. The number of rotatable bonds is 1. The fourth-order valence-corrected chi connectivity index (χ4v) is 3.91. The summed E-state index contributed by atoms with van der Waals surface area (Å²) < 4.78 is 0. The van der Waals surface area contributed by atoms with Crippen molar-refractivity contribution in [2.75, 3.05) is 0 Å². The molecule has 0 amide bonds. The van der Waals surface area contributed by atoms with Crippen molar-refractivity contribution in [3.63, 3.8) is 0 Å². The van der Waals surface area contributed by atoms with Gasteiger partial charge in [-0.3, -0.25) is 4.79 Å². The molecule has 0 aromatic carbocycles. The van der Waals surface area contributed by atoms with Crippen molar-refractivity contribution in [2.45, 2.75) is 18.9 Å². The number of aliphatic carboxylic acids is 1. The van der Waals surface area contributed by atoms with Gasteiger partial charge in [-0.1, -0.05) is 0 Å². The van der Waals surface area contributed by atoms with E-state index in [1.165, 1.54) is 0 Å². The average Bonchev–Trinajstić information content (AvgIpc) is 2.28. The summed E-state index contributed by atoms with van der Waals surface area (Å²) in [7, 11) is 0. The summed E-state index contributed by atoms with van der Waals surface area (Å²) in [4.78, 5) is 10.9. The second-order valence-electron chi connectivity index (χ2n) is 4.70. The Hall–Kier alpha value is -0.570. The highest BCUT2D eigenvalue weighted by atomic mass is 16.4. The quantitative estimate of drug-likeness (QED) is 0.593. The Morgan fingerprint density at radius 3 is 2.42 bits per heavy atom.